The van der Waals surface area contributed by atoms with Gasteiger partial charge in [0.15, 0.2) is 0 Å². The second kappa shape index (κ2) is 7.91. The zero-order valence-corrected chi connectivity index (χ0v) is 10.8. The van der Waals surface area contributed by atoms with Gasteiger partial charge in [-0.05, 0) is 19.3 Å². The maximum atomic E-state index is 11.7. The number of carbonyl (C=O) groups excluding carboxylic acids is 1. The van der Waals surface area contributed by atoms with E-state index in [-0.39, 0.29) is 0 Å². The number of nitrogens with zero attached hydrogens (tertiary/aromatic N) is 1. The van der Waals surface area contributed by atoms with Gasteiger partial charge in [0.05, 0.1) is 12.7 Å². The Bertz CT molecular complexity index is 203. The van der Waals surface area contributed by atoms with Gasteiger partial charge in [0, 0.05) is 25.4 Å². The lowest BCUT2D eigenvalue weighted by atomic mass is 10.1. The molecule has 0 saturated carbocycles. The highest BCUT2D eigenvalue weighted by Crippen LogP contribution is 2.15. The van der Waals surface area contributed by atoms with Gasteiger partial charge in [-0.1, -0.05) is 13.3 Å². The first-order valence-electron chi connectivity index (χ1n) is 6.23. The van der Waals surface area contributed by atoms with Crippen LogP contribution in [0.4, 0.5) is 0 Å². The summed E-state index contributed by atoms with van der Waals surface area (Å²) in [6, 6.07) is 0. The maximum absolute atomic E-state index is 11.7. The van der Waals surface area contributed by atoms with E-state index in [9.17, 15) is 4.79 Å². The van der Waals surface area contributed by atoms with Gasteiger partial charge in [-0.25, -0.2) is 0 Å². The Morgan fingerprint density at radius 1 is 1.44 bits per heavy atom. The van der Waals surface area contributed by atoms with Gasteiger partial charge in [0.2, 0.25) is 5.91 Å². The number of rotatable bonds is 6. The summed E-state index contributed by atoms with van der Waals surface area (Å²) in [6.07, 6.45) is 4.99. The molecule has 1 rings (SSSR count). The third-order valence-corrected chi connectivity index (χ3v) is 3.12. The fourth-order valence-electron chi connectivity index (χ4n) is 1.97. The van der Waals surface area contributed by atoms with E-state index in [2.05, 4.69) is 6.92 Å². The number of halogens is 1. The number of carbonyl (C=O) groups is 1. The number of unbranched alkanes of at least 4 members (excludes halogenated alkanes) is 1. The summed E-state index contributed by atoms with van der Waals surface area (Å²) >= 11 is 5.57. The quantitative estimate of drug-likeness (QED) is 0.675. The Hall–Kier alpha value is -0.280. The van der Waals surface area contributed by atoms with Crippen LogP contribution < -0.4 is 0 Å². The van der Waals surface area contributed by atoms with Crippen LogP contribution in [-0.2, 0) is 9.53 Å². The summed E-state index contributed by atoms with van der Waals surface area (Å²) in [4.78, 5) is 13.7. The van der Waals surface area contributed by atoms with Gasteiger partial charge in [-0.3, -0.25) is 4.79 Å². The standard InChI is InChI=1S/C12H22ClNO2/c1-2-3-4-12(15)14-8-5-11(6-9-14)16-10-7-13/h11H,2-10H2,1H3. The molecule has 4 heteroatoms. The molecule has 16 heavy (non-hydrogen) atoms. The molecule has 1 heterocycles. The smallest absolute Gasteiger partial charge is 0.222 e. The second-order valence-corrected chi connectivity index (χ2v) is 4.62. The second-order valence-electron chi connectivity index (χ2n) is 4.24. The minimum Gasteiger partial charge on any atom is -0.377 e. The fraction of sp³-hybridized carbons (Fsp3) is 0.917. The highest BCUT2D eigenvalue weighted by molar-refractivity contribution is 6.17. The predicted octanol–water partition coefficient (Wildman–Crippen LogP) is 2.42. The molecule has 0 aromatic rings. The highest BCUT2D eigenvalue weighted by Gasteiger charge is 2.22. The number of likely N-dealkylation sites (tertiary alicyclic amines) is 1. The molecule has 0 bridgehead atoms. The Balaban J connectivity index is 2.18. The van der Waals surface area contributed by atoms with Crippen LogP contribution in [0.1, 0.15) is 39.0 Å². The molecule has 0 N–H and O–H groups in total. The van der Waals surface area contributed by atoms with Crippen molar-refractivity contribution in [3.05, 3.63) is 0 Å². The van der Waals surface area contributed by atoms with Gasteiger partial charge in [-0.2, -0.15) is 0 Å². The molecule has 0 unspecified atom stereocenters. The average molecular weight is 248 g/mol. The number of ether oxygens (including phenoxy) is 1. The normalized spacial score (nSPS) is 17.8. The first-order chi connectivity index (χ1) is 7.77. The van der Waals surface area contributed by atoms with Crippen LogP contribution in [0.25, 0.3) is 0 Å². The van der Waals surface area contributed by atoms with Crippen molar-refractivity contribution in [1.29, 1.82) is 0 Å². The molecule has 0 aromatic carbocycles. The van der Waals surface area contributed by atoms with Crippen molar-refractivity contribution in [1.82, 2.24) is 4.90 Å². The van der Waals surface area contributed by atoms with Crippen LogP contribution in [0, 0.1) is 0 Å². The van der Waals surface area contributed by atoms with E-state index in [1.807, 2.05) is 4.90 Å². The molecule has 0 radical (unpaired) electrons. The van der Waals surface area contributed by atoms with E-state index in [0.717, 1.165) is 38.8 Å². The Labute approximate surface area is 103 Å². The number of amides is 1. The van der Waals surface area contributed by atoms with E-state index < -0.39 is 0 Å². The molecule has 1 fully saturated rings. The molecular weight excluding hydrogens is 226 g/mol. The van der Waals surface area contributed by atoms with Gasteiger partial charge in [-0.15, -0.1) is 11.6 Å². The van der Waals surface area contributed by atoms with E-state index in [0.29, 0.717) is 30.9 Å². The molecule has 0 atom stereocenters. The number of hydrogen-bond donors (Lipinski definition) is 0. The van der Waals surface area contributed by atoms with Crippen LogP contribution in [0.5, 0.6) is 0 Å². The third-order valence-electron chi connectivity index (χ3n) is 2.97. The first kappa shape index (κ1) is 13.8. The molecule has 1 amide bonds. The lowest BCUT2D eigenvalue weighted by Gasteiger charge is -2.32. The highest BCUT2D eigenvalue weighted by atomic mass is 35.5. The van der Waals surface area contributed by atoms with Crippen LogP contribution >= 0.6 is 11.6 Å². The third kappa shape index (κ3) is 4.71. The first-order valence-corrected chi connectivity index (χ1v) is 6.76. The molecule has 3 nitrogen and oxygen atoms in total. The summed E-state index contributed by atoms with van der Waals surface area (Å²) in [7, 11) is 0. The van der Waals surface area contributed by atoms with Gasteiger partial charge >= 0.3 is 0 Å². The molecule has 1 saturated heterocycles. The van der Waals surface area contributed by atoms with E-state index in [4.69, 9.17) is 16.3 Å². The number of hydrogen-bond acceptors (Lipinski definition) is 2. The minimum absolute atomic E-state index is 0.300. The fourth-order valence-corrected chi connectivity index (χ4v) is 2.06. The van der Waals surface area contributed by atoms with E-state index >= 15 is 0 Å². The lowest BCUT2D eigenvalue weighted by Crippen LogP contribution is -2.40. The summed E-state index contributed by atoms with van der Waals surface area (Å²) in [5.41, 5.74) is 0. The van der Waals surface area contributed by atoms with Crippen LogP contribution in [-0.4, -0.2) is 42.5 Å². The Morgan fingerprint density at radius 2 is 2.12 bits per heavy atom. The molecule has 0 spiro atoms. The van der Waals surface area contributed by atoms with Gasteiger partial charge in [0.1, 0.15) is 0 Å². The average Bonchev–Trinajstić information content (AvgIpc) is 2.34. The minimum atomic E-state index is 0.300. The van der Waals surface area contributed by atoms with Crippen molar-refractivity contribution in [2.75, 3.05) is 25.6 Å². The topological polar surface area (TPSA) is 29.5 Å². The van der Waals surface area contributed by atoms with Crippen molar-refractivity contribution in [3.8, 4) is 0 Å². The molecule has 1 aliphatic heterocycles. The van der Waals surface area contributed by atoms with Crippen LogP contribution in [0.15, 0.2) is 0 Å². The maximum Gasteiger partial charge on any atom is 0.222 e. The summed E-state index contributed by atoms with van der Waals surface area (Å²) in [5, 5.41) is 0. The molecule has 0 aromatic heterocycles. The van der Waals surface area contributed by atoms with Crippen molar-refractivity contribution in [2.45, 2.75) is 45.1 Å². The van der Waals surface area contributed by atoms with E-state index in [1.54, 1.807) is 0 Å². The Kier molecular flexibility index (Phi) is 6.81. The zero-order chi connectivity index (χ0) is 11.8. The SMILES string of the molecule is CCCCC(=O)N1CCC(OCCCl)CC1. The summed E-state index contributed by atoms with van der Waals surface area (Å²) < 4.78 is 5.57. The summed E-state index contributed by atoms with van der Waals surface area (Å²) in [5.74, 6) is 0.855. The lowest BCUT2D eigenvalue weighted by molar-refractivity contribution is -0.133. The van der Waals surface area contributed by atoms with Gasteiger partial charge in [0.25, 0.3) is 0 Å². The van der Waals surface area contributed by atoms with Crippen molar-refractivity contribution in [2.24, 2.45) is 0 Å². The van der Waals surface area contributed by atoms with Gasteiger partial charge < -0.3 is 9.64 Å². The van der Waals surface area contributed by atoms with Crippen molar-refractivity contribution < 1.29 is 9.53 Å². The largest absolute Gasteiger partial charge is 0.377 e. The molecule has 1 aliphatic rings. The van der Waals surface area contributed by atoms with Crippen LogP contribution in [0.2, 0.25) is 0 Å². The number of alkyl halides is 1. The number of piperidine rings is 1. The monoisotopic (exact) mass is 247 g/mol. The molecule has 0 aliphatic carbocycles. The Morgan fingerprint density at radius 3 is 2.69 bits per heavy atom. The van der Waals surface area contributed by atoms with Crippen molar-refractivity contribution in [3.63, 3.8) is 0 Å². The summed E-state index contributed by atoms with van der Waals surface area (Å²) in [6.45, 7) is 4.42. The molecule has 94 valence electrons. The van der Waals surface area contributed by atoms with Crippen LogP contribution in [0.3, 0.4) is 0 Å². The molecular formula is C12H22ClNO2. The van der Waals surface area contributed by atoms with Crippen molar-refractivity contribution >= 4 is 17.5 Å². The predicted molar refractivity (Wildman–Crippen MR) is 65.8 cm³/mol. The zero-order valence-electron chi connectivity index (χ0n) is 10.1. The van der Waals surface area contributed by atoms with E-state index in [1.165, 1.54) is 0 Å².